The second-order valence-electron chi connectivity index (χ2n) is 3.86. The van der Waals surface area contributed by atoms with Crippen molar-refractivity contribution in [3.8, 4) is 17.2 Å². The number of para-hydroxylation sites is 1. The fourth-order valence-corrected chi connectivity index (χ4v) is 2.33. The average Bonchev–Trinajstić information content (AvgIpc) is 2.92. The van der Waals surface area contributed by atoms with Crippen LogP contribution in [0.25, 0.3) is 0 Å². The summed E-state index contributed by atoms with van der Waals surface area (Å²) in [6.07, 6.45) is 0. The third kappa shape index (κ3) is 3.11. The first-order valence-corrected chi connectivity index (χ1v) is 6.96. The largest absolute Gasteiger partial charge is 0.493 e. The topological polar surface area (TPSA) is 65.5 Å². The van der Waals surface area contributed by atoms with Crippen LogP contribution in [-0.4, -0.2) is 30.4 Å². The summed E-state index contributed by atoms with van der Waals surface area (Å²) < 4.78 is 20.3. The molecule has 0 radical (unpaired) electrons. The molecule has 0 aliphatic heterocycles. The predicted octanol–water partition coefficient (Wildman–Crippen LogP) is 2.57. The van der Waals surface area contributed by atoms with Crippen LogP contribution in [0.4, 0.5) is 5.00 Å². The van der Waals surface area contributed by atoms with Gasteiger partial charge in [-0.1, -0.05) is 10.6 Å². The summed E-state index contributed by atoms with van der Waals surface area (Å²) in [5.74, 6) is 1.81. The molecule has 108 valence electrons. The molecule has 0 unspecified atom stereocenters. The molecule has 0 fully saturated rings. The lowest BCUT2D eigenvalue weighted by Crippen LogP contribution is -2.04. The normalized spacial score (nSPS) is 10.2. The number of rotatable bonds is 7. The first kappa shape index (κ1) is 14.4. The molecule has 0 aliphatic rings. The second kappa shape index (κ2) is 6.95. The van der Waals surface area contributed by atoms with Gasteiger partial charge in [0, 0.05) is 18.1 Å². The van der Waals surface area contributed by atoms with Crippen LogP contribution in [0.15, 0.2) is 18.2 Å². The van der Waals surface area contributed by atoms with Crippen LogP contribution in [0.3, 0.4) is 0 Å². The third-order valence-corrected chi connectivity index (χ3v) is 3.35. The first-order chi connectivity index (χ1) is 9.80. The van der Waals surface area contributed by atoms with E-state index in [1.54, 1.807) is 14.2 Å². The zero-order valence-corrected chi connectivity index (χ0v) is 12.5. The summed E-state index contributed by atoms with van der Waals surface area (Å²) >= 11 is 1.31. The summed E-state index contributed by atoms with van der Waals surface area (Å²) in [5.41, 5.74) is 0.768. The van der Waals surface area contributed by atoms with Gasteiger partial charge in [0.2, 0.25) is 5.75 Å². The van der Waals surface area contributed by atoms with Crippen molar-refractivity contribution in [1.82, 2.24) is 9.59 Å². The molecule has 0 saturated carbocycles. The summed E-state index contributed by atoms with van der Waals surface area (Å²) in [7, 11) is 3.19. The van der Waals surface area contributed by atoms with Crippen molar-refractivity contribution < 1.29 is 14.2 Å². The van der Waals surface area contributed by atoms with E-state index in [4.69, 9.17) is 14.2 Å². The van der Waals surface area contributed by atoms with Gasteiger partial charge in [-0.2, -0.15) is 0 Å². The van der Waals surface area contributed by atoms with E-state index < -0.39 is 0 Å². The van der Waals surface area contributed by atoms with Crippen LogP contribution < -0.4 is 19.5 Å². The van der Waals surface area contributed by atoms with E-state index in [0.29, 0.717) is 23.9 Å². The molecule has 0 saturated heterocycles. The SMILES string of the molecule is CCNc1snnc1COc1c(OC)cccc1OC. The zero-order valence-electron chi connectivity index (χ0n) is 11.7. The Hall–Kier alpha value is -2.02. The van der Waals surface area contributed by atoms with Gasteiger partial charge in [0.15, 0.2) is 11.5 Å². The highest BCUT2D eigenvalue weighted by atomic mass is 32.1. The van der Waals surface area contributed by atoms with Crippen LogP contribution >= 0.6 is 11.5 Å². The highest BCUT2D eigenvalue weighted by Gasteiger charge is 2.14. The summed E-state index contributed by atoms with van der Waals surface area (Å²) in [5, 5.41) is 8.18. The third-order valence-electron chi connectivity index (χ3n) is 2.63. The van der Waals surface area contributed by atoms with E-state index in [9.17, 15) is 0 Å². The Kier molecular flexibility index (Phi) is 5.00. The maximum absolute atomic E-state index is 5.80. The van der Waals surface area contributed by atoms with Crippen molar-refractivity contribution in [1.29, 1.82) is 0 Å². The van der Waals surface area contributed by atoms with E-state index in [2.05, 4.69) is 14.9 Å². The fourth-order valence-electron chi connectivity index (χ4n) is 1.70. The fraction of sp³-hybridized carbons (Fsp3) is 0.385. The molecular formula is C13H17N3O3S. The average molecular weight is 295 g/mol. The van der Waals surface area contributed by atoms with E-state index >= 15 is 0 Å². The molecule has 2 aromatic rings. The molecule has 1 aromatic carbocycles. The Morgan fingerprint density at radius 1 is 1.20 bits per heavy atom. The van der Waals surface area contributed by atoms with Crippen LogP contribution in [0.5, 0.6) is 17.2 Å². The summed E-state index contributed by atoms with van der Waals surface area (Å²) in [6.45, 7) is 3.14. The lowest BCUT2D eigenvalue weighted by atomic mass is 10.3. The second-order valence-corrected chi connectivity index (χ2v) is 4.61. The Labute approximate surface area is 121 Å². The monoisotopic (exact) mass is 295 g/mol. The Balaban J connectivity index is 2.16. The number of nitrogens with one attached hydrogen (secondary N) is 1. The number of hydrogen-bond donors (Lipinski definition) is 1. The molecular weight excluding hydrogens is 278 g/mol. The minimum Gasteiger partial charge on any atom is -0.493 e. The number of methoxy groups -OCH3 is 2. The van der Waals surface area contributed by atoms with Crippen LogP contribution in [0.2, 0.25) is 0 Å². The molecule has 0 amide bonds. The van der Waals surface area contributed by atoms with Gasteiger partial charge in [0.1, 0.15) is 17.3 Å². The molecule has 6 nitrogen and oxygen atoms in total. The van der Waals surface area contributed by atoms with Gasteiger partial charge in [-0.05, 0) is 19.1 Å². The number of aromatic nitrogens is 2. The van der Waals surface area contributed by atoms with Gasteiger partial charge in [0.25, 0.3) is 0 Å². The Morgan fingerprint density at radius 3 is 2.50 bits per heavy atom. The molecule has 1 N–H and O–H groups in total. The van der Waals surface area contributed by atoms with E-state index in [0.717, 1.165) is 17.2 Å². The molecule has 2 rings (SSSR count). The predicted molar refractivity (Wildman–Crippen MR) is 78.0 cm³/mol. The number of ether oxygens (including phenoxy) is 3. The van der Waals surface area contributed by atoms with E-state index in [1.807, 2.05) is 25.1 Å². The number of benzene rings is 1. The highest BCUT2D eigenvalue weighted by molar-refractivity contribution is 7.10. The first-order valence-electron chi connectivity index (χ1n) is 6.19. The Bertz CT molecular complexity index is 537. The van der Waals surface area contributed by atoms with Crippen molar-refractivity contribution in [2.75, 3.05) is 26.1 Å². The molecule has 0 spiro atoms. The number of nitrogens with zero attached hydrogens (tertiary/aromatic N) is 2. The molecule has 0 atom stereocenters. The number of anilines is 1. The maximum Gasteiger partial charge on any atom is 0.203 e. The minimum atomic E-state index is 0.301. The zero-order chi connectivity index (χ0) is 14.4. The summed E-state index contributed by atoms with van der Waals surface area (Å²) in [6, 6.07) is 5.49. The van der Waals surface area contributed by atoms with E-state index in [-0.39, 0.29) is 0 Å². The van der Waals surface area contributed by atoms with Crippen molar-refractivity contribution in [2.45, 2.75) is 13.5 Å². The highest BCUT2D eigenvalue weighted by Crippen LogP contribution is 2.37. The Morgan fingerprint density at radius 2 is 1.90 bits per heavy atom. The van der Waals surface area contributed by atoms with Crippen molar-refractivity contribution >= 4 is 16.5 Å². The van der Waals surface area contributed by atoms with Crippen LogP contribution in [0, 0.1) is 0 Å². The maximum atomic E-state index is 5.80. The quantitative estimate of drug-likeness (QED) is 0.847. The lowest BCUT2D eigenvalue weighted by Gasteiger charge is -2.13. The summed E-state index contributed by atoms with van der Waals surface area (Å²) in [4.78, 5) is 0. The van der Waals surface area contributed by atoms with Gasteiger partial charge in [-0.25, -0.2) is 0 Å². The molecule has 0 aliphatic carbocycles. The van der Waals surface area contributed by atoms with Gasteiger partial charge in [-0.15, -0.1) is 5.10 Å². The van der Waals surface area contributed by atoms with Crippen molar-refractivity contribution in [3.63, 3.8) is 0 Å². The molecule has 7 heteroatoms. The van der Waals surface area contributed by atoms with Crippen LogP contribution in [0.1, 0.15) is 12.6 Å². The molecule has 20 heavy (non-hydrogen) atoms. The number of hydrogen-bond acceptors (Lipinski definition) is 7. The minimum absolute atomic E-state index is 0.301. The standard InChI is InChI=1S/C13H17N3O3S/c1-4-14-13-9(15-16-20-13)8-19-12-10(17-2)6-5-7-11(12)18-3/h5-7,14H,4,8H2,1-3H3. The van der Waals surface area contributed by atoms with Gasteiger partial charge < -0.3 is 19.5 Å². The van der Waals surface area contributed by atoms with Crippen LogP contribution in [-0.2, 0) is 6.61 Å². The van der Waals surface area contributed by atoms with Gasteiger partial charge in [-0.3, -0.25) is 0 Å². The van der Waals surface area contributed by atoms with E-state index in [1.165, 1.54) is 11.5 Å². The smallest absolute Gasteiger partial charge is 0.203 e. The van der Waals surface area contributed by atoms with Gasteiger partial charge in [0.05, 0.1) is 14.2 Å². The van der Waals surface area contributed by atoms with Crippen molar-refractivity contribution in [2.24, 2.45) is 0 Å². The van der Waals surface area contributed by atoms with Gasteiger partial charge >= 0.3 is 0 Å². The lowest BCUT2D eigenvalue weighted by molar-refractivity contribution is 0.263. The van der Waals surface area contributed by atoms with Crippen molar-refractivity contribution in [3.05, 3.63) is 23.9 Å². The molecule has 1 heterocycles. The molecule has 0 bridgehead atoms. The molecule has 1 aromatic heterocycles.